The van der Waals surface area contributed by atoms with Crippen molar-refractivity contribution in [2.45, 2.75) is 38.0 Å². The summed E-state index contributed by atoms with van der Waals surface area (Å²) in [6.45, 7) is 5.28. The number of sulfonamides is 1. The predicted molar refractivity (Wildman–Crippen MR) is 126 cm³/mol. The van der Waals surface area contributed by atoms with Gasteiger partial charge in [0.1, 0.15) is 0 Å². The maximum absolute atomic E-state index is 12.6. The van der Waals surface area contributed by atoms with Crippen molar-refractivity contribution in [2.24, 2.45) is 5.92 Å². The Balaban J connectivity index is 1.47. The molecule has 1 aliphatic heterocycles. The number of amides is 1. The van der Waals surface area contributed by atoms with Crippen molar-refractivity contribution in [3.05, 3.63) is 65.7 Å². The van der Waals surface area contributed by atoms with Crippen LogP contribution in [0.3, 0.4) is 0 Å². The zero-order valence-corrected chi connectivity index (χ0v) is 20.1. The molecule has 8 heteroatoms. The fraction of sp³-hybridized carbons (Fsp3) is 0.440. The zero-order chi connectivity index (χ0) is 23.8. The normalized spacial score (nSPS) is 14.9. The van der Waals surface area contributed by atoms with Crippen molar-refractivity contribution in [3.8, 4) is 0 Å². The molecule has 1 fully saturated rings. The number of likely N-dealkylation sites (tertiary alicyclic amines) is 1. The van der Waals surface area contributed by atoms with Gasteiger partial charge in [0.05, 0.1) is 10.5 Å². The Morgan fingerprint density at radius 2 is 1.58 bits per heavy atom. The predicted octanol–water partition coefficient (Wildman–Crippen LogP) is 3.36. The van der Waals surface area contributed by atoms with E-state index in [1.54, 1.807) is 18.7 Å². The van der Waals surface area contributed by atoms with Crippen LogP contribution < -0.4 is 0 Å². The fourth-order valence-electron chi connectivity index (χ4n) is 4.11. The Labute approximate surface area is 196 Å². The molecule has 2 aromatic rings. The Hall–Kier alpha value is -2.71. The van der Waals surface area contributed by atoms with E-state index in [4.69, 9.17) is 4.74 Å². The molecule has 0 radical (unpaired) electrons. The lowest BCUT2D eigenvalue weighted by molar-refractivity contribution is -0.135. The number of benzene rings is 2. The number of piperidine rings is 1. The highest BCUT2D eigenvalue weighted by Gasteiger charge is 2.25. The van der Waals surface area contributed by atoms with E-state index in [-0.39, 0.29) is 23.0 Å². The number of hydrogen-bond donors (Lipinski definition) is 0. The minimum absolute atomic E-state index is 0.122. The lowest BCUT2D eigenvalue weighted by Gasteiger charge is -2.32. The molecular formula is C25H32N2O5S. The molecule has 0 bridgehead atoms. The summed E-state index contributed by atoms with van der Waals surface area (Å²) in [6.07, 6.45) is 2.87. The third-order valence-electron chi connectivity index (χ3n) is 6.09. The van der Waals surface area contributed by atoms with Crippen molar-refractivity contribution >= 4 is 21.9 Å². The van der Waals surface area contributed by atoms with Crippen molar-refractivity contribution in [2.75, 3.05) is 32.8 Å². The Bertz CT molecular complexity index is 1030. The largest absolute Gasteiger partial charge is 0.452 e. The molecule has 0 unspecified atom stereocenters. The number of esters is 1. The SMILES string of the molecule is CCN(CC)S(=O)(=O)c1ccc(C(=O)OCC(=O)N2CCC(Cc3ccccc3)CC2)cc1. The monoisotopic (exact) mass is 472 g/mol. The maximum Gasteiger partial charge on any atom is 0.338 e. The lowest BCUT2D eigenvalue weighted by atomic mass is 9.90. The van der Waals surface area contributed by atoms with Crippen LogP contribution in [0.15, 0.2) is 59.5 Å². The van der Waals surface area contributed by atoms with Gasteiger partial charge in [0.15, 0.2) is 6.61 Å². The van der Waals surface area contributed by atoms with Crippen LogP contribution in [-0.4, -0.2) is 62.3 Å². The highest BCUT2D eigenvalue weighted by atomic mass is 32.2. The summed E-state index contributed by atoms with van der Waals surface area (Å²) in [5.74, 6) is -0.304. The van der Waals surface area contributed by atoms with E-state index >= 15 is 0 Å². The van der Waals surface area contributed by atoms with Crippen LogP contribution in [0.25, 0.3) is 0 Å². The van der Waals surface area contributed by atoms with E-state index in [9.17, 15) is 18.0 Å². The number of nitrogens with zero attached hydrogens (tertiary/aromatic N) is 2. The third-order valence-corrected chi connectivity index (χ3v) is 8.16. The highest BCUT2D eigenvalue weighted by Crippen LogP contribution is 2.22. The van der Waals surface area contributed by atoms with Gasteiger partial charge in [-0.1, -0.05) is 44.2 Å². The first-order chi connectivity index (χ1) is 15.8. The molecule has 3 rings (SSSR count). The van der Waals surface area contributed by atoms with Crippen molar-refractivity contribution < 1.29 is 22.7 Å². The molecule has 1 aliphatic rings. The van der Waals surface area contributed by atoms with E-state index < -0.39 is 16.0 Å². The van der Waals surface area contributed by atoms with Gasteiger partial charge in [-0.05, 0) is 55.0 Å². The number of carbonyl (C=O) groups excluding carboxylic acids is 2. The maximum atomic E-state index is 12.6. The second-order valence-corrected chi connectivity index (χ2v) is 10.1. The van der Waals surface area contributed by atoms with Crippen LogP contribution in [0.4, 0.5) is 0 Å². The lowest BCUT2D eigenvalue weighted by Crippen LogP contribution is -2.41. The fourth-order valence-corrected chi connectivity index (χ4v) is 5.57. The minimum atomic E-state index is -3.59. The first-order valence-electron chi connectivity index (χ1n) is 11.4. The molecule has 0 aromatic heterocycles. The number of carbonyl (C=O) groups is 2. The molecule has 0 saturated carbocycles. The van der Waals surface area contributed by atoms with Gasteiger partial charge in [0.2, 0.25) is 10.0 Å². The molecule has 33 heavy (non-hydrogen) atoms. The van der Waals surface area contributed by atoms with Crippen LogP contribution in [-0.2, 0) is 26.0 Å². The van der Waals surface area contributed by atoms with Crippen LogP contribution in [0.1, 0.15) is 42.6 Å². The quantitative estimate of drug-likeness (QED) is 0.523. The third kappa shape index (κ3) is 6.42. The number of hydrogen-bond acceptors (Lipinski definition) is 5. The van der Waals surface area contributed by atoms with E-state index in [0.29, 0.717) is 32.1 Å². The van der Waals surface area contributed by atoms with Gasteiger partial charge in [-0.15, -0.1) is 0 Å². The zero-order valence-electron chi connectivity index (χ0n) is 19.3. The topological polar surface area (TPSA) is 84.0 Å². The van der Waals surface area contributed by atoms with Gasteiger partial charge in [-0.3, -0.25) is 4.79 Å². The smallest absolute Gasteiger partial charge is 0.338 e. The van der Waals surface area contributed by atoms with Crippen LogP contribution in [0, 0.1) is 5.92 Å². The van der Waals surface area contributed by atoms with Gasteiger partial charge in [0, 0.05) is 26.2 Å². The summed E-state index contributed by atoms with van der Waals surface area (Å²) < 4.78 is 31.6. The van der Waals surface area contributed by atoms with Crippen molar-refractivity contribution in [1.29, 1.82) is 0 Å². The molecule has 0 spiro atoms. The van der Waals surface area contributed by atoms with Crippen LogP contribution in [0.2, 0.25) is 0 Å². The molecule has 0 atom stereocenters. The van der Waals surface area contributed by atoms with Gasteiger partial charge in [-0.25, -0.2) is 13.2 Å². The molecule has 178 valence electrons. The standard InChI is InChI=1S/C25H32N2O5S/c1-3-27(4-2)33(30,31)23-12-10-22(11-13-23)25(29)32-19-24(28)26-16-14-21(15-17-26)18-20-8-6-5-7-9-20/h5-13,21H,3-4,14-19H2,1-2H3. The second kappa shape index (κ2) is 11.4. The highest BCUT2D eigenvalue weighted by molar-refractivity contribution is 7.89. The number of rotatable bonds is 9. The second-order valence-electron chi connectivity index (χ2n) is 8.20. The first kappa shape index (κ1) is 24.9. The van der Waals surface area contributed by atoms with Crippen LogP contribution in [0.5, 0.6) is 0 Å². The van der Waals surface area contributed by atoms with Crippen LogP contribution >= 0.6 is 0 Å². The molecular weight excluding hydrogens is 440 g/mol. The van der Waals surface area contributed by atoms with Crippen molar-refractivity contribution in [1.82, 2.24) is 9.21 Å². The van der Waals surface area contributed by atoms with Gasteiger partial charge in [-0.2, -0.15) is 4.31 Å². The Morgan fingerprint density at radius 3 is 2.15 bits per heavy atom. The molecule has 1 heterocycles. The van der Waals surface area contributed by atoms with E-state index in [2.05, 4.69) is 12.1 Å². The average molecular weight is 473 g/mol. The van der Waals surface area contributed by atoms with Gasteiger partial charge in [0.25, 0.3) is 5.91 Å². The van der Waals surface area contributed by atoms with Crippen molar-refractivity contribution in [3.63, 3.8) is 0 Å². The summed E-state index contributed by atoms with van der Waals surface area (Å²) in [5, 5.41) is 0. The summed E-state index contributed by atoms with van der Waals surface area (Å²) in [7, 11) is -3.59. The van der Waals surface area contributed by atoms with E-state index in [1.165, 1.54) is 34.1 Å². The minimum Gasteiger partial charge on any atom is -0.452 e. The number of ether oxygens (including phenoxy) is 1. The Morgan fingerprint density at radius 1 is 0.970 bits per heavy atom. The molecule has 7 nitrogen and oxygen atoms in total. The van der Waals surface area contributed by atoms with Gasteiger partial charge < -0.3 is 9.64 Å². The first-order valence-corrected chi connectivity index (χ1v) is 12.9. The summed E-state index contributed by atoms with van der Waals surface area (Å²) >= 11 is 0. The molecule has 0 N–H and O–H groups in total. The van der Waals surface area contributed by atoms with E-state index in [0.717, 1.165) is 19.3 Å². The molecule has 0 aliphatic carbocycles. The summed E-state index contributed by atoms with van der Waals surface area (Å²) in [5.41, 5.74) is 1.52. The molecule has 1 amide bonds. The summed E-state index contributed by atoms with van der Waals surface area (Å²) in [6, 6.07) is 16.0. The molecule has 1 saturated heterocycles. The Kier molecular flexibility index (Phi) is 8.63. The average Bonchev–Trinajstić information content (AvgIpc) is 2.84. The van der Waals surface area contributed by atoms with E-state index in [1.807, 2.05) is 18.2 Å². The van der Waals surface area contributed by atoms with Gasteiger partial charge >= 0.3 is 5.97 Å². The molecule has 2 aromatic carbocycles. The summed E-state index contributed by atoms with van der Waals surface area (Å²) in [4.78, 5) is 26.7.